The molecule has 2 N–H and O–H groups in total. The van der Waals surface area contributed by atoms with E-state index in [9.17, 15) is 4.79 Å². The lowest BCUT2D eigenvalue weighted by atomic mass is 10.1. The van der Waals surface area contributed by atoms with E-state index in [-0.39, 0.29) is 12.8 Å². The normalized spacial score (nSPS) is 15.8. The molecule has 1 fully saturated rings. The van der Waals surface area contributed by atoms with Crippen molar-refractivity contribution in [3.8, 4) is 27.4 Å². The van der Waals surface area contributed by atoms with Crippen molar-refractivity contribution in [2.75, 3.05) is 31.9 Å². The molecule has 10 heteroatoms. The molecule has 0 bridgehead atoms. The largest absolute Gasteiger partial charge is 0.467 e. The lowest BCUT2D eigenvalue weighted by molar-refractivity contribution is 0.0515. The van der Waals surface area contributed by atoms with Gasteiger partial charge in [0.15, 0.2) is 12.6 Å². The van der Waals surface area contributed by atoms with Crippen LogP contribution >= 0.6 is 11.3 Å². The Labute approximate surface area is 183 Å². The number of methoxy groups -OCH3 is 1. The number of hydrogen-bond donors (Lipinski definition) is 2. The monoisotopic (exact) mass is 441 g/mol. The number of aromatic nitrogens is 3. The predicted molar refractivity (Wildman–Crippen MR) is 118 cm³/mol. The molecule has 2 aromatic heterocycles. The molecule has 1 amide bonds. The first kappa shape index (κ1) is 21.0. The molecule has 1 atom stereocenters. The van der Waals surface area contributed by atoms with E-state index in [0.29, 0.717) is 18.0 Å². The molecular weight excluding hydrogens is 418 g/mol. The van der Waals surface area contributed by atoms with Gasteiger partial charge in [0, 0.05) is 32.0 Å². The molecule has 0 aliphatic carbocycles. The summed E-state index contributed by atoms with van der Waals surface area (Å²) in [5.41, 5.74) is 2.51. The van der Waals surface area contributed by atoms with Crippen LogP contribution in [0.5, 0.6) is 5.75 Å². The second-order valence-electron chi connectivity index (χ2n) is 7.16. The zero-order valence-corrected chi connectivity index (χ0v) is 18.1. The van der Waals surface area contributed by atoms with Crippen LogP contribution in [-0.2, 0) is 4.74 Å². The minimum absolute atomic E-state index is 0.101. The van der Waals surface area contributed by atoms with Gasteiger partial charge in [-0.1, -0.05) is 6.07 Å². The van der Waals surface area contributed by atoms with Crippen molar-refractivity contribution in [1.82, 2.24) is 20.5 Å². The van der Waals surface area contributed by atoms with Crippen molar-refractivity contribution in [3.05, 3.63) is 41.5 Å². The van der Waals surface area contributed by atoms with Gasteiger partial charge in [0.25, 0.3) is 0 Å². The summed E-state index contributed by atoms with van der Waals surface area (Å²) >= 11 is 1.62. The molecule has 3 heterocycles. The van der Waals surface area contributed by atoms with Crippen molar-refractivity contribution in [1.29, 1.82) is 0 Å². The van der Waals surface area contributed by atoms with Crippen LogP contribution < -0.4 is 15.0 Å². The van der Waals surface area contributed by atoms with Crippen molar-refractivity contribution >= 4 is 23.2 Å². The average Bonchev–Trinajstić information content (AvgIpc) is 3.41. The summed E-state index contributed by atoms with van der Waals surface area (Å²) in [4.78, 5) is 18.2. The molecule has 31 heavy (non-hydrogen) atoms. The first-order valence-electron chi connectivity index (χ1n) is 9.80. The lowest BCUT2D eigenvalue weighted by Gasteiger charge is -2.17. The number of ether oxygens (including phenoxy) is 2. The Bertz CT molecular complexity index is 1060. The molecule has 1 aliphatic heterocycles. The lowest BCUT2D eigenvalue weighted by Crippen LogP contribution is -2.36. The second-order valence-corrected chi connectivity index (χ2v) is 8.40. The molecule has 0 unspecified atom stereocenters. The van der Waals surface area contributed by atoms with Gasteiger partial charge in [-0.2, -0.15) is 0 Å². The Morgan fingerprint density at radius 1 is 1.32 bits per heavy atom. The molecule has 3 aromatic rings. The Balaban J connectivity index is 1.56. The smallest absolute Gasteiger partial charge is 0.404 e. The quantitative estimate of drug-likeness (QED) is 0.537. The molecular formula is C21H23N5O4S. The molecule has 0 radical (unpaired) electrons. The van der Waals surface area contributed by atoms with Crippen LogP contribution in [-0.4, -0.2) is 59.4 Å². The molecule has 1 aliphatic rings. The summed E-state index contributed by atoms with van der Waals surface area (Å²) in [6.45, 7) is 3.40. The van der Waals surface area contributed by atoms with Crippen molar-refractivity contribution < 1.29 is 19.4 Å². The maximum atomic E-state index is 10.8. The van der Waals surface area contributed by atoms with E-state index in [1.54, 1.807) is 18.4 Å². The molecule has 4 rings (SSSR count). The van der Waals surface area contributed by atoms with Crippen LogP contribution in [0.3, 0.4) is 0 Å². The van der Waals surface area contributed by atoms with Gasteiger partial charge in [0.1, 0.15) is 5.75 Å². The molecule has 162 valence electrons. The van der Waals surface area contributed by atoms with Gasteiger partial charge >= 0.3 is 6.09 Å². The topological polar surface area (TPSA) is 110 Å². The number of carboxylic acid groups (broad SMARTS) is 1. The summed E-state index contributed by atoms with van der Waals surface area (Å²) in [7, 11) is 1.58. The third kappa shape index (κ3) is 4.92. The van der Waals surface area contributed by atoms with Crippen LogP contribution in [0.4, 0.5) is 10.6 Å². The van der Waals surface area contributed by atoms with Gasteiger partial charge in [-0.05, 0) is 43.2 Å². The number of thiazole rings is 1. The Hall–Kier alpha value is -3.24. The van der Waals surface area contributed by atoms with Gasteiger partial charge in [0.05, 0.1) is 21.6 Å². The maximum Gasteiger partial charge on any atom is 0.404 e. The zero-order valence-electron chi connectivity index (χ0n) is 17.2. The first-order chi connectivity index (χ1) is 15.0. The first-order valence-corrected chi connectivity index (χ1v) is 10.6. The third-order valence-electron chi connectivity index (χ3n) is 4.99. The van der Waals surface area contributed by atoms with Gasteiger partial charge < -0.3 is 24.8 Å². The fourth-order valence-corrected chi connectivity index (χ4v) is 4.30. The van der Waals surface area contributed by atoms with Gasteiger partial charge in [0.2, 0.25) is 0 Å². The van der Waals surface area contributed by atoms with Crippen LogP contribution in [0, 0.1) is 6.92 Å². The fourth-order valence-electron chi connectivity index (χ4n) is 3.52. The summed E-state index contributed by atoms with van der Waals surface area (Å²) in [6.07, 6.45) is 1.59. The number of anilines is 1. The number of carbonyl (C=O) groups is 1. The second kappa shape index (κ2) is 9.27. The highest BCUT2D eigenvalue weighted by atomic mass is 32.1. The van der Waals surface area contributed by atoms with E-state index < -0.39 is 6.09 Å². The maximum absolute atomic E-state index is 10.8. The molecule has 1 saturated heterocycles. The average molecular weight is 442 g/mol. The molecule has 0 saturated carbocycles. The van der Waals surface area contributed by atoms with Gasteiger partial charge in [-0.15, -0.1) is 21.5 Å². The summed E-state index contributed by atoms with van der Waals surface area (Å²) in [6, 6.07) is 9.62. The Morgan fingerprint density at radius 2 is 2.19 bits per heavy atom. The number of rotatable bonds is 7. The van der Waals surface area contributed by atoms with E-state index in [1.165, 1.54) is 0 Å². The number of nitrogens with zero attached hydrogens (tertiary/aromatic N) is 4. The van der Waals surface area contributed by atoms with Crippen LogP contribution in [0.1, 0.15) is 11.4 Å². The van der Waals surface area contributed by atoms with E-state index in [0.717, 1.165) is 39.8 Å². The van der Waals surface area contributed by atoms with Crippen LogP contribution in [0.25, 0.3) is 21.7 Å². The Kier molecular flexibility index (Phi) is 6.28. The SMILES string of the molecule is COCOc1cc(-c2cnc(C)s2)ccc1-c1ccc(N2CC[C@@H](NC(=O)O)C2)nn1. The number of hydrogen-bond acceptors (Lipinski definition) is 8. The highest BCUT2D eigenvalue weighted by molar-refractivity contribution is 7.15. The zero-order chi connectivity index (χ0) is 21.8. The standard InChI is InChI=1S/C21H23N5O4S/c1-13-22-10-19(31-13)14-3-4-16(18(9-14)30-12-29-2)17-5-6-20(25-24-17)26-8-7-15(11-26)23-21(27)28/h3-6,9-10,15,23H,7-8,11-12H2,1-2H3,(H,27,28)/t15-/m1/s1. The third-order valence-corrected chi connectivity index (χ3v) is 5.95. The highest BCUT2D eigenvalue weighted by Crippen LogP contribution is 2.35. The number of aryl methyl sites for hydroxylation is 1. The molecule has 1 aromatic carbocycles. The van der Waals surface area contributed by atoms with Gasteiger partial charge in [-0.25, -0.2) is 9.78 Å². The molecule has 9 nitrogen and oxygen atoms in total. The Morgan fingerprint density at radius 3 is 2.87 bits per heavy atom. The fraction of sp³-hybridized carbons (Fsp3) is 0.333. The molecule has 0 spiro atoms. The predicted octanol–water partition coefficient (Wildman–Crippen LogP) is 3.40. The van der Waals surface area contributed by atoms with Crippen LogP contribution in [0.15, 0.2) is 36.5 Å². The van der Waals surface area contributed by atoms with E-state index >= 15 is 0 Å². The number of nitrogens with one attached hydrogen (secondary N) is 1. The van der Waals surface area contributed by atoms with E-state index in [4.69, 9.17) is 14.6 Å². The number of amides is 1. The summed E-state index contributed by atoms with van der Waals surface area (Å²) < 4.78 is 10.9. The van der Waals surface area contributed by atoms with E-state index in [1.807, 2.05) is 48.4 Å². The van der Waals surface area contributed by atoms with Crippen LogP contribution in [0.2, 0.25) is 0 Å². The summed E-state index contributed by atoms with van der Waals surface area (Å²) in [5.74, 6) is 1.37. The summed E-state index contributed by atoms with van der Waals surface area (Å²) in [5, 5.41) is 21.2. The minimum Gasteiger partial charge on any atom is -0.467 e. The highest BCUT2D eigenvalue weighted by Gasteiger charge is 2.25. The van der Waals surface area contributed by atoms with Crippen molar-refractivity contribution in [2.45, 2.75) is 19.4 Å². The van der Waals surface area contributed by atoms with Crippen molar-refractivity contribution in [2.24, 2.45) is 0 Å². The van der Waals surface area contributed by atoms with E-state index in [2.05, 4.69) is 20.5 Å². The van der Waals surface area contributed by atoms with Crippen molar-refractivity contribution in [3.63, 3.8) is 0 Å². The minimum atomic E-state index is -1.01. The number of benzene rings is 1. The van der Waals surface area contributed by atoms with Gasteiger partial charge in [-0.3, -0.25) is 0 Å².